The number of rotatable bonds is 7. The van der Waals surface area contributed by atoms with Crippen LogP contribution in [0.25, 0.3) is 0 Å². The average Bonchev–Trinajstić information content (AvgIpc) is 3.02. The molecule has 0 bridgehead atoms. The lowest BCUT2D eigenvalue weighted by Crippen LogP contribution is -2.49. The SMILES string of the molecule is CC(C)(C)C(Cn1ccnc1)NC(=O)CNCC1CC1. The Labute approximate surface area is 121 Å². The molecule has 2 N–H and O–H groups in total. The molecule has 0 saturated heterocycles. The summed E-state index contributed by atoms with van der Waals surface area (Å²) >= 11 is 0. The van der Waals surface area contributed by atoms with Gasteiger partial charge in [0.2, 0.25) is 5.91 Å². The molecule has 112 valence electrons. The van der Waals surface area contributed by atoms with Crippen molar-refractivity contribution in [3.05, 3.63) is 18.7 Å². The van der Waals surface area contributed by atoms with E-state index in [0.29, 0.717) is 6.54 Å². The molecule has 0 aliphatic heterocycles. The van der Waals surface area contributed by atoms with Crippen LogP contribution in [-0.2, 0) is 11.3 Å². The minimum absolute atomic E-state index is 0.0103. The molecule has 1 aromatic heterocycles. The number of carbonyl (C=O) groups is 1. The number of nitrogens with one attached hydrogen (secondary N) is 2. The van der Waals surface area contributed by atoms with Crippen LogP contribution >= 0.6 is 0 Å². The van der Waals surface area contributed by atoms with Crippen LogP contribution in [0.15, 0.2) is 18.7 Å². The fraction of sp³-hybridized carbons (Fsp3) is 0.733. The molecule has 0 spiro atoms. The molecule has 1 fully saturated rings. The third-order valence-corrected chi connectivity index (χ3v) is 3.75. The van der Waals surface area contributed by atoms with Crippen LogP contribution in [0.2, 0.25) is 0 Å². The molecule has 0 radical (unpaired) electrons. The number of hydrogen-bond donors (Lipinski definition) is 2. The van der Waals surface area contributed by atoms with E-state index in [0.717, 1.165) is 19.0 Å². The first-order valence-corrected chi connectivity index (χ1v) is 7.41. The molecule has 1 amide bonds. The number of amides is 1. The Morgan fingerprint density at radius 3 is 2.75 bits per heavy atom. The van der Waals surface area contributed by atoms with Crippen LogP contribution in [-0.4, -0.2) is 34.6 Å². The van der Waals surface area contributed by atoms with E-state index >= 15 is 0 Å². The second-order valence-electron chi connectivity index (χ2n) is 6.82. The molecule has 0 aromatic carbocycles. The zero-order valence-electron chi connectivity index (χ0n) is 12.7. The summed E-state index contributed by atoms with van der Waals surface area (Å²) in [6.07, 6.45) is 8.09. The van der Waals surface area contributed by atoms with Crippen molar-refractivity contribution in [2.24, 2.45) is 11.3 Å². The predicted octanol–water partition coefficient (Wildman–Crippen LogP) is 1.41. The van der Waals surface area contributed by atoms with Gasteiger partial charge in [-0.2, -0.15) is 0 Å². The molecule has 20 heavy (non-hydrogen) atoms. The van der Waals surface area contributed by atoms with Crippen molar-refractivity contribution in [2.45, 2.75) is 46.2 Å². The van der Waals surface area contributed by atoms with Gasteiger partial charge in [-0.25, -0.2) is 4.98 Å². The fourth-order valence-corrected chi connectivity index (χ4v) is 2.10. The van der Waals surface area contributed by atoms with Gasteiger partial charge in [-0.15, -0.1) is 0 Å². The molecule has 5 nitrogen and oxygen atoms in total. The predicted molar refractivity (Wildman–Crippen MR) is 79.2 cm³/mol. The molecule has 1 aliphatic carbocycles. The molecule has 1 saturated carbocycles. The minimum Gasteiger partial charge on any atom is -0.350 e. The van der Waals surface area contributed by atoms with Crippen molar-refractivity contribution in [3.8, 4) is 0 Å². The van der Waals surface area contributed by atoms with Gasteiger partial charge < -0.3 is 15.2 Å². The third-order valence-electron chi connectivity index (χ3n) is 3.75. The van der Waals surface area contributed by atoms with E-state index in [1.807, 2.05) is 10.8 Å². The van der Waals surface area contributed by atoms with E-state index in [-0.39, 0.29) is 17.4 Å². The Balaban J connectivity index is 1.81. The van der Waals surface area contributed by atoms with Gasteiger partial charge in [-0.1, -0.05) is 20.8 Å². The van der Waals surface area contributed by atoms with Crippen LogP contribution in [0.4, 0.5) is 0 Å². The Kier molecular flexibility index (Phi) is 4.81. The standard InChI is InChI=1S/C15H26N4O/c1-15(2,3)13(10-19-7-6-16-11-19)18-14(20)9-17-8-12-4-5-12/h6-7,11-13,17H,4-5,8-10H2,1-3H3,(H,18,20). The van der Waals surface area contributed by atoms with Crippen molar-refractivity contribution in [1.82, 2.24) is 20.2 Å². The minimum atomic E-state index is 0.0103. The topological polar surface area (TPSA) is 59.0 Å². The van der Waals surface area contributed by atoms with Gasteiger partial charge in [0, 0.05) is 18.9 Å². The van der Waals surface area contributed by atoms with Crippen molar-refractivity contribution in [1.29, 1.82) is 0 Å². The zero-order valence-corrected chi connectivity index (χ0v) is 12.7. The van der Waals surface area contributed by atoms with Crippen LogP contribution in [0.1, 0.15) is 33.6 Å². The largest absolute Gasteiger partial charge is 0.350 e. The Morgan fingerprint density at radius 2 is 2.20 bits per heavy atom. The Morgan fingerprint density at radius 1 is 1.45 bits per heavy atom. The maximum atomic E-state index is 12.0. The maximum absolute atomic E-state index is 12.0. The van der Waals surface area contributed by atoms with E-state index in [9.17, 15) is 4.79 Å². The van der Waals surface area contributed by atoms with Crippen LogP contribution in [0.3, 0.4) is 0 Å². The first kappa shape index (κ1) is 15.0. The fourth-order valence-electron chi connectivity index (χ4n) is 2.10. The van der Waals surface area contributed by atoms with E-state index < -0.39 is 0 Å². The van der Waals surface area contributed by atoms with Crippen LogP contribution in [0, 0.1) is 11.3 Å². The summed E-state index contributed by atoms with van der Waals surface area (Å²) in [5.41, 5.74) is 0.0103. The smallest absolute Gasteiger partial charge is 0.234 e. The lowest BCUT2D eigenvalue weighted by molar-refractivity contribution is -0.121. The Bertz CT molecular complexity index is 418. The van der Waals surface area contributed by atoms with Gasteiger partial charge in [-0.3, -0.25) is 4.79 Å². The first-order chi connectivity index (χ1) is 9.45. The third kappa shape index (κ3) is 4.96. The molecule has 1 atom stereocenters. The van der Waals surface area contributed by atoms with E-state index in [4.69, 9.17) is 0 Å². The Hall–Kier alpha value is -1.36. The van der Waals surface area contributed by atoms with Gasteiger partial charge in [0.05, 0.1) is 18.9 Å². The maximum Gasteiger partial charge on any atom is 0.234 e. The summed E-state index contributed by atoms with van der Waals surface area (Å²) in [5.74, 6) is 0.873. The number of imidazole rings is 1. The highest BCUT2D eigenvalue weighted by Gasteiger charge is 2.27. The molecular weight excluding hydrogens is 252 g/mol. The zero-order chi connectivity index (χ0) is 14.6. The van der Waals surface area contributed by atoms with Crippen molar-refractivity contribution >= 4 is 5.91 Å². The summed E-state index contributed by atoms with van der Waals surface area (Å²) in [4.78, 5) is 16.1. The lowest BCUT2D eigenvalue weighted by Gasteiger charge is -2.31. The van der Waals surface area contributed by atoms with Gasteiger partial charge in [0.15, 0.2) is 0 Å². The number of aromatic nitrogens is 2. The highest BCUT2D eigenvalue weighted by atomic mass is 16.2. The second-order valence-corrected chi connectivity index (χ2v) is 6.82. The van der Waals surface area contributed by atoms with E-state index in [2.05, 4.69) is 36.4 Å². The summed E-state index contributed by atoms with van der Waals surface area (Å²) in [6, 6.07) is 0.0897. The quantitative estimate of drug-likeness (QED) is 0.793. The van der Waals surface area contributed by atoms with E-state index in [1.54, 1.807) is 12.5 Å². The average molecular weight is 278 g/mol. The van der Waals surface area contributed by atoms with Crippen molar-refractivity contribution in [2.75, 3.05) is 13.1 Å². The molecule has 1 heterocycles. The number of nitrogens with zero attached hydrogens (tertiary/aromatic N) is 2. The molecule has 1 unspecified atom stereocenters. The van der Waals surface area contributed by atoms with Gasteiger partial charge in [-0.05, 0) is 30.7 Å². The second kappa shape index (κ2) is 6.39. The van der Waals surface area contributed by atoms with Crippen LogP contribution in [0.5, 0.6) is 0 Å². The molecule has 5 heteroatoms. The van der Waals surface area contributed by atoms with Crippen molar-refractivity contribution in [3.63, 3.8) is 0 Å². The van der Waals surface area contributed by atoms with Gasteiger partial charge >= 0.3 is 0 Å². The summed E-state index contributed by atoms with van der Waals surface area (Å²) < 4.78 is 2.01. The lowest BCUT2D eigenvalue weighted by atomic mass is 9.86. The molecule has 1 aromatic rings. The highest BCUT2D eigenvalue weighted by molar-refractivity contribution is 5.78. The van der Waals surface area contributed by atoms with Crippen LogP contribution < -0.4 is 10.6 Å². The molecule has 1 aliphatic rings. The molecular formula is C15H26N4O. The molecule has 2 rings (SSSR count). The highest BCUT2D eigenvalue weighted by Crippen LogP contribution is 2.27. The first-order valence-electron chi connectivity index (χ1n) is 7.41. The number of carbonyl (C=O) groups excluding carboxylic acids is 1. The van der Waals surface area contributed by atoms with E-state index in [1.165, 1.54) is 12.8 Å². The monoisotopic (exact) mass is 278 g/mol. The number of hydrogen-bond acceptors (Lipinski definition) is 3. The summed E-state index contributed by atoms with van der Waals surface area (Å²) in [6.45, 7) is 8.56. The van der Waals surface area contributed by atoms with Gasteiger partial charge in [0.25, 0.3) is 0 Å². The summed E-state index contributed by atoms with van der Waals surface area (Å²) in [7, 11) is 0. The summed E-state index contributed by atoms with van der Waals surface area (Å²) in [5, 5.41) is 6.37. The normalized spacial score (nSPS) is 16.9. The van der Waals surface area contributed by atoms with Gasteiger partial charge in [0.1, 0.15) is 0 Å². The van der Waals surface area contributed by atoms with Crippen molar-refractivity contribution < 1.29 is 4.79 Å².